The Bertz CT molecular complexity index is 726. The second kappa shape index (κ2) is 8.37. The first-order valence-corrected chi connectivity index (χ1v) is 10.9. The lowest BCUT2D eigenvalue weighted by Crippen LogP contribution is -3.13. The smallest absolute Gasteiger partial charge is 0.233 e. The van der Waals surface area contributed by atoms with Crippen LogP contribution in [0.25, 0.3) is 0 Å². The van der Waals surface area contributed by atoms with Crippen molar-refractivity contribution in [2.75, 3.05) is 37.2 Å². The predicted molar refractivity (Wildman–Crippen MR) is 105 cm³/mol. The molecule has 1 saturated carbocycles. The molecule has 0 spiro atoms. The minimum absolute atomic E-state index is 0.209. The molecule has 8 heteroatoms. The zero-order chi connectivity index (χ0) is 17.8. The summed E-state index contributed by atoms with van der Waals surface area (Å²) in [5, 5.41) is 12.5. The lowest BCUT2D eigenvalue weighted by Gasteiger charge is -2.32. The standard InChI is InChI=1S/C18H23N5OS2/c24-16(13-25-18-21-20-17(26-18)19-15-6-7-15)23-10-8-22(9-11-23)12-14-4-2-1-3-5-14/h1-5,15H,6-13H2,(H,19,20)/p+1. The number of hydrogen-bond acceptors (Lipinski definition) is 6. The number of aromatic nitrogens is 2. The summed E-state index contributed by atoms with van der Waals surface area (Å²) in [5.41, 5.74) is 1.37. The first-order chi connectivity index (χ1) is 12.8. The maximum atomic E-state index is 12.5. The Balaban J connectivity index is 1.19. The molecule has 1 amide bonds. The topological polar surface area (TPSA) is 62.6 Å². The summed E-state index contributed by atoms with van der Waals surface area (Å²) in [6.07, 6.45) is 2.44. The molecule has 1 aromatic carbocycles. The Hall–Kier alpha value is -1.64. The molecule has 2 aliphatic rings. The fourth-order valence-electron chi connectivity index (χ4n) is 3.08. The summed E-state index contributed by atoms with van der Waals surface area (Å²) in [6, 6.07) is 11.2. The molecular formula is C18H24N5OS2+. The van der Waals surface area contributed by atoms with E-state index < -0.39 is 0 Å². The third kappa shape index (κ3) is 4.96. The molecule has 2 fully saturated rings. The zero-order valence-electron chi connectivity index (χ0n) is 14.7. The number of carbonyl (C=O) groups excluding carboxylic acids is 1. The van der Waals surface area contributed by atoms with Crippen LogP contribution in [0.2, 0.25) is 0 Å². The number of nitrogens with one attached hydrogen (secondary N) is 2. The van der Waals surface area contributed by atoms with E-state index in [0.717, 1.165) is 42.2 Å². The van der Waals surface area contributed by atoms with Gasteiger partial charge in [0.1, 0.15) is 6.54 Å². The van der Waals surface area contributed by atoms with Crippen molar-refractivity contribution in [3.05, 3.63) is 35.9 Å². The van der Waals surface area contributed by atoms with Gasteiger partial charge in [-0.25, -0.2) is 0 Å². The molecule has 0 bridgehead atoms. The lowest BCUT2D eigenvalue weighted by molar-refractivity contribution is -0.917. The highest BCUT2D eigenvalue weighted by Crippen LogP contribution is 2.30. The van der Waals surface area contributed by atoms with E-state index in [1.54, 1.807) is 16.2 Å². The molecular weight excluding hydrogens is 366 g/mol. The molecule has 1 aliphatic carbocycles. The third-order valence-corrected chi connectivity index (χ3v) is 6.72. The average Bonchev–Trinajstić information content (AvgIpc) is 3.37. The molecule has 2 aromatic rings. The van der Waals surface area contributed by atoms with Gasteiger partial charge in [0.05, 0.1) is 31.9 Å². The average molecular weight is 391 g/mol. The summed E-state index contributed by atoms with van der Waals surface area (Å²) in [4.78, 5) is 16.0. The Morgan fingerprint density at radius 1 is 1.23 bits per heavy atom. The lowest BCUT2D eigenvalue weighted by atomic mass is 10.2. The highest BCUT2D eigenvalue weighted by atomic mass is 32.2. The second-order valence-electron chi connectivity index (χ2n) is 6.87. The first kappa shape index (κ1) is 17.8. The van der Waals surface area contributed by atoms with E-state index >= 15 is 0 Å². The summed E-state index contributed by atoms with van der Waals surface area (Å²) in [6.45, 7) is 4.75. The van der Waals surface area contributed by atoms with Crippen molar-refractivity contribution >= 4 is 34.1 Å². The van der Waals surface area contributed by atoms with Crippen LogP contribution in [0.15, 0.2) is 34.7 Å². The molecule has 0 radical (unpaired) electrons. The summed E-state index contributed by atoms with van der Waals surface area (Å²) < 4.78 is 0.870. The van der Waals surface area contributed by atoms with E-state index in [2.05, 4.69) is 45.8 Å². The minimum Gasteiger partial charge on any atom is -0.357 e. The SMILES string of the molecule is O=C(CSc1nnc(NC2CC2)s1)N1CC[NH+](Cc2ccccc2)CC1. The number of amides is 1. The van der Waals surface area contributed by atoms with Crippen LogP contribution in [-0.2, 0) is 11.3 Å². The molecule has 138 valence electrons. The van der Waals surface area contributed by atoms with Gasteiger partial charge < -0.3 is 15.1 Å². The van der Waals surface area contributed by atoms with E-state index in [0.29, 0.717) is 11.8 Å². The van der Waals surface area contributed by atoms with Crippen molar-refractivity contribution in [1.82, 2.24) is 15.1 Å². The van der Waals surface area contributed by atoms with Crippen LogP contribution in [0.1, 0.15) is 18.4 Å². The van der Waals surface area contributed by atoms with Gasteiger partial charge in [-0.1, -0.05) is 53.4 Å². The van der Waals surface area contributed by atoms with E-state index in [4.69, 9.17) is 0 Å². The van der Waals surface area contributed by atoms with E-state index in [1.807, 2.05) is 4.90 Å². The van der Waals surface area contributed by atoms with Crippen LogP contribution in [0.4, 0.5) is 5.13 Å². The molecule has 1 aliphatic heterocycles. The summed E-state index contributed by atoms with van der Waals surface area (Å²) in [5.74, 6) is 0.659. The second-order valence-corrected chi connectivity index (χ2v) is 9.07. The van der Waals surface area contributed by atoms with Crippen LogP contribution in [0.3, 0.4) is 0 Å². The normalized spacial score (nSPS) is 18.1. The van der Waals surface area contributed by atoms with E-state index in [1.165, 1.54) is 30.2 Å². The van der Waals surface area contributed by atoms with Crippen molar-refractivity contribution in [2.45, 2.75) is 29.8 Å². The number of quaternary nitrogens is 1. The van der Waals surface area contributed by atoms with Gasteiger partial charge in [-0.05, 0) is 12.8 Å². The molecule has 4 rings (SSSR count). The number of thioether (sulfide) groups is 1. The maximum absolute atomic E-state index is 12.5. The van der Waals surface area contributed by atoms with Crippen LogP contribution in [-0.4, -0.2) is 59.0 Å². The van der Waals surface area contributed by atoms with E-state index in [-0.39, 0.29) is 5.91 Å². The molecule has 6 nitrogen and oxygen atoms in total. The molecule has 1 aromatic heterocycles. The number of hydrogen-bond donors (Lipinski definition) is 2. The van der Waals surface area contributed by atoms with E-state index in [9.17, 15) is 4.79 Å². The monoisotopic (exact) mass is 390 g/mol. The van der Waals surface area contributed by atoms with Gasteiger partial charge in [0.15, 0.2) is 4.34 Å². The van der Waals surface area contributed by atoms with Crippen molar-refractivity contribution in [3.63, 3.8) is 0 Å². The van der Waals surface area contributed by atoms with Gasteiger partial charge >= 0.3 is 0 Å². The molecule has 1 saturated heterocycles. The Labute approximate surface area is 162 Å². The molecule has 2 N–H and O–H groups in total. The fraction of sp³-hybridized carbons (Fsp3) is 0.500. The van der Waals surface area contributed by atoms with Crippen molar-refractivity contribution in [1.29, 1.82) is 0 Å². The van der Waals surface area contributed by atoms with Crippen LogP contribution >= 0.6 is 23.1 Å². The fourth-order valence-corrected chi connectivity index (χ4v) is 4.81. The van der Waals surface area contributed by atoms with Crippen molar-refractivity contribution < 1.29 is 9.69 Å². The Kier molecular flexibility index (Phi) is 5.72. The quantitative estimate of drug-likeness (QED) is 0.694. The van der Waals surface area contributed by atoms with Gasteiger partial charge in [0.2, 0.25) is 11.0 Å². The highest BCUT2D eigenvalue weighted by Gasteiger charge is 2.25. The van der Waals surface area contributed by atoms with Crippen molar-refractivity contribution in [2.24, 2.45) is 0 Å². The number of nitrogens with zero attached hydrogens (tertiary/aromatic N) is 3. The number of benzene rings is 1. The Morgan fingerprint density at radius 2 is 2.00 bits per heavy atom. The van der Waals surface area contributed by atoms with Gasteiger partial charge in [-0.3, -0.25) is 4.79 Å². The van der Waals surface area contributed by atoms with Crippen LogP contribution < -0.4 is 10.2 Å². The van der Waals surface area contributed by atoms with Crippen LogP contribution in [0, 0.1) is 0 Å². The number of rotatable bonds is 7. The van der Waals surface area contributed by atoms with Crippen LogP contribution in [0.5, 0.6) is 0 Å². The highest BCUT2D eigenvalue weighted by molar-refractivity contribution is 8.01. The van der Waals surface area contributed by atoms with Gasteiger partial charge in [-0.2, -0.15) is 0 Å². The van der Waals surface area contributed by atoms with Gasteiger partial charge in [-0.15, -0.1) is 10.2 Å². The molecule has 0 unspecified atom stereocenters. The largest absolute Gasteiger partial charge is 0.357 e. The Morgan fingerprint density at radius 3 is 2.73 bits per heavy atom. The zero-order valence-corrected chi connectivity index (χ0v) is 16.3. The van der Waals surface area contributed by atoms with Crippen molar-refractivity contribution in [3.8, 4) is 0 Å². The predicted octanol–water partition coefficient (Wildman–Crippen LogP) is 1.13. The first-order valence-electron chi connectivity index (χ1n) is 9.14. The number of piperazine rings is 1. The molecule has 2 heterocycles. The molecule has 26 heavy (non-hydrogen) atoms. The molecule has 0 atom stereocenters. The number of anilines is 1. The number of carbonyl (C=O) groups is 1. The maximum Gasteiger partial charge on any atom is 0.233 e. The minimum atomic E-state index is 0.209. The van der Waals surface area contributed by atoms with Gasteiger partial charge in [0.25, 0.3) is 0 Å². The third-order valence-electron chi connectivity index (χ3n) is 4.75. The summed E-state index contributed by atoms with van der Waals surface area (Å²) in [7, 11) is 0. The van der Waals surface area contributed by atoms with Gasteiger partial charge in [0, 0.05) is 11.6 Å². The summed E-state index contributed by atoms with van der Waals surface area (Å²) >= 11 is 3.05.